The second-order valence-electron chi connectivity index (χ2n) is 6.42. The highest BCUT2D eigenvalue weighted by Crippen LogP contribution is 2.33. The van der Waals surface area contributed by atoms with Crippen molar-refractivity contribution in [1.29, 1.82) is 0 Å². The molecule has 23 heavy (non-hydrogen) atoms. The highest BCUT2D eigenvalue weighted by Gasteiger charge is 2.29. The molecule has 0 aromatic carbocycles. The van der Waals surface area contributed by atoms with Crippen LogP contribution in [0.1, 0.15) is 54.1 Å². The minimum absolute atomic E-state index is 0.00461. The summed E-state index contributed by atoms with van der Waals surface area (Å²) in [5, 5.41) is 3.14. The summed E-state index contributed by atoms with van der Waals surface area (Å²) in [4.78, 5) is 28.0. The van der Waals surface area contributed by atoms with Gasteiger partial charge < -0.3 is 15.8 Å². The second-order valence-corrected chi connectivity index (χ2v) is 6.42. The quantitative estimate of drug-likeness (QED) is 0.876. The topological polar surface area (TPSA) is 94.3 Å². The third-order valence-electron chi connectivity index (χ3n) is 4.86. The van der Waals surface area contributed by atoms with Gasteiger partial charge in [0, 0.05) is 24.8 Å². The maximum Gasteiger partial charge on any atom is 0.250 e. The van der Waals surface area contributed by atoms with Crippen LogP contribution in [0.25, 0.3) is 0 Å². The van der Waals surface area contributed by atoms with Crippen LogP contribution in [0.5, 0.6) is 0 Å². The van der Waals surface area contributed by atoms with Crippen molar-refractivity contribution < 1.29 is 14.3 Å². The number of nitrogens with zero attached hydrogens (tertiary/aromatic N) is 1. The largest absolute Gasteiger partial charge is 0.381 e. The van der Waals surface area contributed by atoms with E-state index in [0.29, 0.717) is 18.8 Å². The number of nitrogens with one attached hydrogen (secondary N) is 1. The van der Waals surface area contributed by atoms with Gasteiger partial charge in [0.05, 0.1) is 23.8 Å². The Bertz CT molecular complexity index is 576. The summed E-state index contributed by atoms with van der Waals surface area (Å²) < 4.78 is 5.27. The highest BCUT2D eigenvalue weighted by atomic mass is 16.5. The number of hydrogen-bond donors (Lipinski definition) is 2. The van der Waals surface area contributed by atoms with Gasteiger partial charge in [0.2, 0.25) is 5.91 Å². The molecule has 2 amide bonds. The summed E-state index contributed by atoms with van der Waals surface area (Å²) in [7, 11) is 0. The Kier molecular flexibility index (Phi) is 4.91. The number of ether oxygens (including phenoxy) is 1. The standard InChI is InChI=1S/C17H23N3O3/c18-16(21)14-2-1-8-19-15(14)11-3-5-13(6-4-11)20-17(22)12-7-9-23-10-12/h1-2,8,11-13H,3-7,9-10H2,(H2,18,21)(H,20,22)/t11?,12-,13?/m0/s1. The Morgan fingerprint density at radius 3 is 2.65 bits per heavy atom. The van der Waals surface area contributed by atoms with Gasteiger partial charge in [0.15, 0.2) is 0 Å². The van der Waals surface area contributed by atoms with Gasteiger partial charge in [-0.05, 0) is 44.2 Å². The van der Waals surface area contributed by atoms with Crippen molar-refractivity contribution >= 4 is 11.8 Å². The predicted molar refractivity (Wildman–Crippen MR) is 84.8 cm³/mol. The molecule has 0 radical (unpaired) electrons. The minimum atomic E-state index is -0.426. The first-order chi connectivity index (χ1) is 11.1. The van der Waals surface area contributed by atoms with Gasteiger partial charge in [0.1, 0.15) is 0 Å². The van der Waals surface area contributed by atoms with Gasteiger partial charge in [-0.3, -0.25) is 14.6 Å². The molecular weight excluding hydrogens is 294 g/mol. The van der Waals surface area contributed by atoms with Crippen LogP contribution in [0, 0.1) is 5.92 Å². The van der Waals surface area contributed by atoms with E-state index in [2.05, 4.69) is 10.3 Å². The third-order valence-corrected chi connectivity index (χ3v) is 4.86. The lowest BCUT2D eigenvalue weighted by Gasteiger charge is -2.30. The molecule has 1 aromatic rings. The van der Waals surface area contributed by atoms with E-state index in [1.165, 1.54) is 0 Å². The van der Waals surface area contributed by atoms with Gasteiger partial charge in [-0.1, -0.05) is 0 Å². The maximum absolute atomic E-state index is 12.1. The van der Waals surface area contributed by atoms with Gasteiger partial charge in [0.25, 0.3) is 5.91 Å². The monoisotopic (exact) mass is 317 g/mol. The Balaban J connectivity index is 1.56. The molecule has 0 unspecified atom stereocenters. The number of aromatic nitrogens is 1. The fourth-order valence-electron chi connectivity index (χ4n) is 3.52. The molecule has 0 spiro atoms. The SMILES string of the molecule is NC(=O)c1cccnc1C1CCC(NC(=O)[C@H]2CCOC2)CC1. The minimum Gasteiger partial charge on any atom is -0.381 e. The van der Waals surface area contributed by atoms with Crippen LogP contribution in [0.4, 0.5) is 0 Å². The first-order valence-corrected chi connectivity index (χ1v) is 8.28. The van der Waals surface area contributed by atoms with Gasteiger partial charge in [-0.2, -0.15) is 0 Å². The van der Waals surface area contributed by atoms with Crippen LogP contribution in [-0.4, -0.2) is 36.1 Å². The number of nitrogens with two attached hydrogens (primary N) is 1. The van der Waals surface area contributed by atoms with Crippen LogP contribution < -0.4 is 11.1 Å². The summed E-state index contributed by atoms with van der Waals surface area (Å²) >= 11 is 0. The summed E-state index contributed by atoms with van der Waals surface area (Å²) in [5.41, 5.74) is 6.75. The van der Waals surface area contributed by atoms with Crippen molar-refractivity contribution in [2.45, 2.75) is 44.1 Å². The number of primary amides is 1. The molecule has 6 nitrogen and oxygen atoms in total. The van der Waals surface area contributed by atoms with Crippen LogP contribution in [-0.2, 0) is 9.53 Å². The Labute approximate surface area is 135 Å². The molecule has 0 bridgehead atoms. The van der Waals surface area contributed by atoms with Crippen LogP contribution in [0.3, 0.4) is 0 Å². The van der Waals surface area contributed by atoms with E-state index in [1.807, 2.05) is 0 Å². The molecular formula is C17H23N3O3. The molecule has 3 rings (SSSR count). The first-order valence-electron chi connectivity index (χ1n) is 8.28. The summed E-state index contributed by atoms with van der Waals surface area (Å²) in [6, 6.07) is 3.68. The molecule has 1 saturated heterocycles. The van der Waals surface area contributed by atoms with E-state index in [9.17, 15) is 9.59 Å². The molecule has 1 aliphatic heterocycles. The molecule has 3 N–H and O–H groups in total. The zero-order valence-corrected chi connectivity index (χ0v) is 13.2. The van der Waals surface area contributed by atoms with Crippen molar-refractivity contribution in [2.75, 3.05) is 13.2 Å². The fourth-order valence-corrected chi connectivity index (χ4v) is 3.52. The molecule has 2 fully saturated rings. The molecule has 2 aliphatic rings. The van der Waals surface area contributed by atoms with E-state index in [-0.39, 0.29) is 23.8 Å². The number of carbonyl (C=O) groups excluding carboxylic acids is 2. The normalized spacial score (nSPS) is 27.6. The van der Waals surface area contributed by atoms with Crippen molar-refractivity contribution in [1.82, 2.24) is 10.3 Å². The number of pyridine rings is 1. The lowest BCUT2D eigenvalue weighted by atomic mass is 9.82. The second kappa shape index (κ2) is 7.08. The van der Waals surface area contributed by atoms with E-state index in [1.54, 1.807) is 18.3 Å². The first kappa shape index (κ1) is 15.9. The molecule has 1 aromatic heterocycles. The number of carbonyl (C=O) groups is 2. The van der Waals surface area contributed by atoms with E-state index in [4.69, 9.17) is 10.5 Å². The molecule has 6 heteroatoms. The predicted octanol–water partition coefficient (Wildman–Crippen LogP) is 1.36. The van der Waals surface area contributed by atoms with Crippen LogP contribution in [0.15, 0.2) is 18.3 Å². The molecule has 1 saturated carbocycles. The van der Waals surface area contributed by atoms with E-state index < -0.39 is 5.91 Å². The highest BCUT2D eigenvalue weighted by molar-refractivity contribution is 5.94. The number of amides is 2. The molecule has 124 valence electrons. The molecule has 1 aliphatic carbocycles. The lowest BCUT2D eigenvalue weighted by molar-refractivity contribution is -0.125. The summed E-state index contributed by atoms with van der Waals surface area (Å²) in [6.45, 7) is 1.22. The maximum atomic E-state index is 12.1. The fraction of sp³-hybridized carbons (Fsp3) is 0.588. The zero-order chi connectivity index (χ0) is 16.2. The summed E-state index contributed by atoms with van der Waals surface area (Å²) in [5.74, 6) is -0.0713. The van der Waals surface area contributed by atoms with E-state index >= 15 is 0 Å². The zero-order valence-electron chi connectivity index (χ0n) is 13.2. The van der Waals surface area contributed by atoms with Crippen molar-refractivity contribution in [3.05, 3.63) is 29.6 Å². The van der Waals surface area contributed by atoms with Crippen LogP contribution >= 0.6 is 0 Å². The average Bonchev–Trinajstić information content (AvgIpc) is 3.10. The third kappa shape index (κ3) is 3.69. The van der Waals surface area contributed by atoms with Crippen molar-refractivity contribution in [3.8, 4) is 0 Å². The van der Waals surface area contributed by atoms with Gasteiger partial charge in [-0.25, -0.2) is 0 Å². The summed E-state index contributed by atoms with van der Waals surface area (Å²) in [6.07, 6.45) is 6.14. The molecule has 1 atom stereocenters. The van der Waals surface area contributed by atoms with Crippen molar-refractivity contribution in [3.63, 3.8) is 0 Å². The molecule has 2 heterocycles. The smallest absolute Gasteiger partial charge is 0.250 e. The van der Waals surface area contributed by atoms with Crippen LogP contribution in [0.2, 0.25) is 0 Å². The van der Waals surface area contributed by atoms with E-state index in [0.717, 1.165) is 37.8 Å². The Hall–Kier alpha value is -1.95. The number of rotatable bonds is 4. The van der Waals surface area contributed by atoms with Gasteiger partial charge in [-0.15, -0.1) is 0 Å². The average molecular weight is 317 g/mol. The Morgan fingerprint density at radius 2 is 2.00 bits per heavy atom. The van der Waals surface area contributed by atoms with Crippen molar-refractivity contribution in [2.24, 2.45) is 11.7 Å². The Morgan fingerprint density at radius 1 is 1.22 bits per heavy atom. The van der Waals surface area contributed by atoms with Gasteiger partial charge >= 0.3 is 0 Å². The number of hydrogen-bond acceptors (Lipinski definition) is 4. The lowest BCUT2D eigenvalue weighted by Crippen LogP contribution is -2.41.